The molecule has 0 aliphatic carbocycles. The van der Waals surface area contributed by atoms with Crippen LogP contribution in [0.3, 0.4) is 0 Å². The monoisotopic (exact) mass is 270 g/mol. The lowest BCUT2D eigenvalue weighted by Gasteiger charge is -2.01. The van der Waals surface area contributed by atoms with E-state index in [1.165, 1.54) is 12.1 Å². The Balaban J connectivity index is 2.32. The number of nitrogens with zero attached hydrogens (tertiary/aromatic N) is 3. The fourth-order valence-corrected chi connectivity index (χ4v) is 1.87. The molecule has 1 N–H and O–H groups in total. The third-order valence-corrected chi connectivity index (χ3v) is 2.71. The van der Waals surface area contributed by atoms with E-state index in [0.29, 0.717) is 11.1 Å². The van der Waals surface area contributed by atoms with Crippen molar-refractivity contribution >= 4 is 16.6 Å². The van der Waals surface area contributed by atoms with Crippen molar-refractivity contribution in [2.24, 2.45) is 7.05 Å². The Labute approximate surface area is 107 Å². The molecule has 0 aliphatic heterocycles. The molecule has 0 unspecified atom stereocenters. The van der Waals surface area contributed by atoms with Gasteiger partial charge in [0.1, 0.15) is 0 Å². The van der Waals surface area contributed by atoms with Crippen LogP contribution >= 0.6 is 0 Å². The van der Waals surface area contributed by atoms with E-state index in [1.54, 1.807) is 17.8 Å². The summed E-state index contributed by atoms with van der Waals surface area (Å²) in [6.07, 6.45) is -2.44. The van der Waals surface area contributed by atoms with Crippen molar-refractivity contribution in [1.29, 1.82) is 0 Å². The average molecular weight is 270 g/mol. The normalized spacial score (nSPS) is 11.4. The SMILES string of the molecule is Cn1nc(CNCC(F)F)c2cc([N+](=O)[O-])ccc21. The van der Waals surface area contributed by atoms with E-state index >= 15 is 0 Å². The van der Waals surface area contributed by atoms with Crippen molar-refractivity contribution in [3.63, 3.8) is 0 Å². The minimum atomic E-state index is -2.44. The van der Waals surface area contributed by atoms with Gasteiger partial charge < -0.3 is 5.32 Å². The summed E-state index contributed by atoms with van der Waals surface area (Å²) in [7, 11) is 1.70. The number of nitro groups is 1. The highest BCUT2D eigenvalue weighted by atomic mass is 19.3. The Morgan fingerprint density at radius 3 is 2.89 bits per heavy atom. The van der Waals surface area contributed by atoms with Crippen LogP contribution < -0.4 is 5.32 Å². The van der Waals surface area contributed by atoms with Crippen LogP contribution in [0.5, 0.6) is 0 Å². The van der Waals surface area contributed by atoms with E-state index in [9.17, 15) is 18.9 Å². The van der Waals surface area contributed by atoms with Gasteiger partial charge in [-0.1, -0.05) is 0 Å². The summed E-state index contributed by atoms with van der Waals surface area (Å²) in [5.41, 5.74) is 1.19. The standard InChI is InChI=1S/C11H12F2N4O2/c1-16-10-3-2-7(17(18)19)4-8(10)9(15-16)5-14-6-11(12)13/h2-4,11,14H,5-6H2,1H3. The van der Waals surface area contributed by atoms with Crippen molar-refractivity contribution in [2.45, 2.75) is 13.0 Å². The third kappa shape index (κ3) is 2.84. The Morgan fingerprint density at radius 2 is 2.26 bits per heavy atom. The Kier molecular flexibility index (Phi) is 3.70. The van der Waals surface area contributed by atoms with Crippen molar-refractivity contribution in [3.8, 4) is 0 Å². The maximum Gasteiger partial charge on any atom is 0.270 e. The van der Waals surface area contributed by atoms with Crippen LogP contribution in [0.15, 0.2) is 18.2 Å². The summed E-state index contributed by atoms with van der Waals surface area (Å²) in [6, 6.07) is 4.39. The number of benzene rings is 1. The summed E-state index contributed by atoms with van der Waals surface area (Å²) in [5, 5.41) is 18.1. The van der Waals surface area contributed by atoms with Gasteiger partial charge in [-0.2, -0.15) is 5.10 Å². The predicted molar refractivity (Wildman–Crippen MR) is 65.1 cm³/mol. The predicted octanol–water partition coefficient (Wildman–Crippen LogP) is 1.84. The van der Waals surface area contributed by atoms with Crippen molar-refractivity contribution in [3.05, 3.63) is 34.0 Å². The summed E-state index contributed by atoms with van der Waals surface area (Å²) < 4.78 is 25.7. The first kappa shape index (κ1) is 13.3. The summed E-state index contributed by atoms with van der Waals surface area (Å²) in [6.45, 7) is -0.296. The second kappa shape index (κ2) is 5.27. The first-order chi connectivity index (χ1) is 8.99. The van der Waals surface area contributed by atoms with Gasteiger partial charge in [0.05, 0.1) is 22.7 Å². The fraction of sp³-hybridized carbons (Fsp3) is 0.364. The lowest BCUT2D eigenvalue weighted by molar-refractivity contribution is -0.384. The van der Waals surface area contributed by atoms with E-state index in [1.807, 2.05) is 0 Å². The third-order valence-electron chi connectivity index (χ3n) is 2.71. The van der Waals surface area contributed by atoms with Gasteiger partial charge in [0.15, 0.2) is 0 Å². The maximum absolute atomic E-state index is 12.0. The van der Waals surface area contributed by atoms with Gasteiger partial charge in [-0.05, 0) is 6.07 Å². The minimum absolute atomic E-state index is 0.0457. The number of hydrogen-bond acceptors (Lipinski definition) is 4. The van der Waals surface area contributed by atoms with Gasteiger partial charge in [-0.3, -0.25) is 14.8 Å². The zero-order valence-corrected chi connectivity index (χ0v) is 10.1. The number of halogens is 2. The van der Waals surface area contributed by atoms with E-state index in [0.717, 1.165) is 5.52 Å². The molecule has 0 saturated carbocycles. The molecule has 0 aliphatic rings. The quantitative estimate of drug-likeness (QED) is 0.664. The lowest BCUT2D eigenvalue weighted by Crippen LogP contribution is -2.21. The molecule has 2 rings (SSSR count). The summed E-state index contributed by atoms with van der Waals surface area (Å²) in [5.74, 6) is 0. The fourth-order valence-electron chi connectivity index (χ4n) is 1.87. The van der Waals surface area contributed by atoms with E-state index in [4.69, 9.17) is 0 Å². The molecule has 2 aromatic rings. The molecular weight excluding hydrogens is 258 g/mol. The van der Waals surface area contributed by atoms with E-state index in [-0.39, 0.29) is 12.2 Å². The highest BCUT2D eigenvalue weighted by molar-refractivity contribution is 5.84. The second-order valence-corrected chi connectivity index (χ2v) is 4.05. The van der Waals surface area contributed by atoms with Crippen LogP contribution in [0.25, 0.3) is 10.9 Å². The molecule has 19 heavy (non-hydrogen) atoms. The minimum Gasteiger partial charge on any atom is -0.306 e. The molecule has 0 amide bonds. The van der Waals surface area contributed by atoms with E-state index < -0.39 is 17.9 Å². The molecule has 0 atom stereocenters. The van der Waals surface area contributed by atoms with Crippen molar-refractivity contribution in [2.75, 3.05) is 6.54 Å². The zero-order valence-electron chi connectivity index (χ0n) is 10.1. The molecule has 102 valence electrons. The number of fused-ring (bicyclic) bond motifs is 1. The largest absolute Gasteiger partial charge is 0.306 e. The smallest absolute Gasteiger partial charge is 0.270 e. The molecule has 1 aromatic heterocycles. The molecule has 1 heterocycles. The highest BCUT2D eigenvalue weighted by Crippen LogP contribution is 2.23. The molecule has 6 nitrogen and oxygen atoms in total. The van der Waals surface area contributed by atoms with E-state index in [2.05, 4.69) is 10.4 Å². The topological polar surface area (TPSA) is 73.0 Å². The Bertz CT molecular complexity index is 612. The summed E-state index contributed by atoms with van der Waals surface area (Å²) in [4.78, 5) is 10.2. The second-order valence-electron chi connectivity index (χ2n) is 4.05. The lowest BCUT2D eigenvalue weighted by atomic mass is 10.2. The van der Waals surface area contributed by atoms with Crippen LogP contribution in [0.2, 0.25) is 0 Å². The van der Waals surface area contributed by atoms with Crippen molar-refractivity contribution in [1.82, 2.24) is 15.1 Å². The number of alkyl halides is 2. The van der Waals surface area contributed by atoms with Gasteiger partial charge in [-0.15, -0.1) is 0 Å². The highest BCUT2D eigenvalue weighted by Gasteiger charge is 2.13. The number of non-ortho nitro benzene ring substituents is 1. The molecule has 1 aromatic carbocycles. The van der Waals surface area contributed by atoms with Crippen LogP contribution in [0.1, 0.15) is 5.69 Å². The Morgan fingerprint density at radius 1 is 1.53 bits per heavy atom. The van der Waals surface area contributed by atoms with Gasteiger partial charge in [0.25, 0.3) is 12.1 Å². The number of nitro benzene ring substituents is 1. The molecule has 0 radical (unpaired) electrons. The number of hydrogen-bond donors (Lipinski definition) is 1. The van der Waals surface area contributed by atoms with Crippen LogP contribution in [-0.4, -0.2) is 27.7 Å². The van der Waals surface area contributed by atoms with Crippen LogP contribution in [-0.2, 0) is 13.6 Å². The molecular formula is C11H12F2N4O2. The number of rotatable bonds is 5. The molecule has 0 spiro atoms. The van der Waals surface area contributed by atoms with Gasteiger partial charge >= 0.3 is 0 Å². The molecule has 0 fully saturated rings. The van der Waals surface area contributed by atoms with Gasteiger partial charge in [0, 0.05) is 31.1 Å². The first-order valence-electron chi connectivity index (χ1n) is 5.58. The average Bonchev–Trinajstić information content (AvgIpc) is 2.65. The number of aryl methyl sites for hydroxylation is 1. The molecule has 0 bridgehead atoms. The molecule has 8 heteroatoms. The zero-order chi connectivity index (χ0) is 14.0. The van der Waals surface area contributed by atoms with Gasteiger partial charge in [0.2, 0.25) is 0 Å². The number of nitrogens with one attached hydrogen (secondary N) is 1. The molecule has 0 saturated heterocycles. The van der Waals surface area contributed by atoms with Crippen molar-refractivity contribution < 1.29 is 13.7 Å². The van der Waals surface area contributed by atoms with Crippen LogP contribution in [0, 0.1) is 10.1 Å². The van der Waals surface area contributed by atoms with Gasteiger partial charge in [-0.25, -0.2) is 8.78 Å². The van der Waals surface area contributed by atoms with Crippen LogP contribution in [0.4, 0.5) is 14.5 Å². The maximum atomic E-state index is 12.0. The Hall–Kier alpha value is -2.09. The summed E-state index contributed by atoms with van der Waals surface area (Å²) >= 11 is 0. The first-order valence-corrected chi connectivity index (χ1v) is 5.58. The number of aromatic nitrogens is 2.